The second-order valence-corrected chi connectivity index (χ2v) is 11.0. The Hall–Kier alpha value is -3.44. The minimum atomic E-state index is -0.467. The van der Waals surface area contributed by atoms with Crippen LogP contribution in [0.3, 0.4) is 0 Å². The molecule has 2 aromatic heterocycles. The van der Waals surface area contributed by atoms with Crippen LogP contribution in [0.5, 0.6) is 0 Å². The number of aryl methyl sites for hydroxylation is 2. The van der Waals surface area contributed by atoms with E-state index in [2.05, 4.69) is 32.8 Å². The van der Waals surface area contributed by atoms with Crippen molar-refractivity contribution in [2.45, 2.75) is 45.2 Å². The summed E-state index contributed by atoms with van der Waals surface area (Å²) in [7, 11) is 5.30. The molecule has 38 heavy (non-hydrogen) atoms. The molecular formula is C27H37N7O3S. The van der Waals surface area contributed by atoms with Gasteiger partial charge in [0, 0.05) is 55.9 Å². The molecule has 3 heterocycles. The number of thiazole rings is 1. The summed E-state index contributed by atoms with van der Waals surface area (Å²) in [4.78, 5) is 51.4. The Kier molecular flexibility index (Phi) is 8.68. The van der Waals surface area contributed by atoms with Crippen molar-refractivity contribution in [1.29, 1.82) is 0 Å². The number of nitrogens with zero attached hydrogens (tertiary/aromatic N) is 3. The van der Waals surface area contributed by atoms with Crippen LogP contribution >= 0.6 is 11.3 Å². The molecule has 3 aromatic rings. The van der Waals surface area contributed by atoms with Gasteiger partial charge >= 0.3 is 6.03 Å². The van der Waals surface area contributed by atoms with Gasteiger partial charge in [-0.3, -0.25) is 9.59 Å². The lowest BCUT2D eigenvalue weighted by Crippen LogP contribution is -2.62. The van der Waals surface area contributed by atoms with E-state index >= 15 is 0 Å². The smallest absolute Gasteiger partial charge is 0.319 e. The molecule has 2 atom stereocenters. The summed E-state index contributed by atoms with van der Waals surface area (Å²) >= 11 is 1.40. The van der Waals surface area contributed by atoms with Gasteiger partial charge in [0.25, 0.3) is 11.8 Å². The van der Waals surface area contributed by atoms with Crippen molar-refractivity contribution in [2.75, 3.05) is 40.8 Å². The van der Waals surface area contributed by atoms with E-state index in [0.717, 1.165) is 46.4 Å². The van der Waals surface area contributed by atoms with Gasteiger partial charge in [-0.15, -0.1) is 11.3 Å². The normalized spacial score (nSPS) is 17.4. The second kappa shape index (κ2) is 12.0. The van der Waals surface area contributed by atoms with E-state index in [9.17, 15) is 14.4 Å². The van der Waals surface area contributed by atoms with Gasteiger partial charge < -0.3 is 30.7 Å². The molecular weight excluding hydrogens is 502 g/mol. The number of hydrogen-bond acceptors (Lipinski definition) is 6. The van der Waals surface area contributed by atoms with E-state index in [4.69, 9.17) is 0 Å². The topological polar surface area (TPSA) is 122 Å². The molecule has 1 fully saturated rings. The minimum Gasteiger partial charge on any atom is -0.351 e. The fourth-order valence-electron chi connectivity index (χ4n) is 4.77. The monoisotopic (exact) mass is 539 g/mol. The number of hydrogen-bond donors (Lipinski definition) is 4. The minimum absolute atomic E-state index is 0.128. The zero-order valence-corrected chi connectivity index (χ0v) is 23.5. The number of aromatic nitrogens is 2. The summed E-state index contributed by atoms with van der Waals surface area (Å²) < 4.78 is 0. The second-order valence-electron chi connectivity index (χ2n) is 9.94. The third-order valence-corrected chi connectivity index (χ3v) is 8.07. The van der Waals surface area contributed by atoms with Gasteiger partial charge in [-0.1, -0.05) is 18.6 Å². The summed E-state index contributed by atoms with van der Waals surface area (Å²) in [6.45, 7) is 5.62. The van der Waals surface area contributed by atoms with Crippen LogP contribution in [0.2, 0.25) is 0 Å². The molecule has 4 rings (SSSR count). The highest BCUT2D eigenvalue weighted by atomic mass is 32.1. The van der Waals surface area contributed by atoms with Crippen LogP contribution in [-0.2, 0) is 12.8 Å². The fraction of sp³-hybridized carbons (Fsp3) is 0.481. The Bertz CT molecular complexity index is 1320. The van der Waals surface area contributed by atoms with Crippen LogP contribution in [-0.4, -0.2) is 90.5 Å². The van der Waals surface area contributed by atoms with E-state index in [-0.39, 0.29) is 30.4 Å². The zero-order valence-electron chi connectivity index (χ0n) is 22.7. The standard InChI is InChI=1S/C27H37N7O3S/c1-6-23-20(9-11-28-3)32-26(38-23)25(36)31-22-15-34(27(37)33(4)5)12-10-19(22)30-24(35)21-14-17-13-16(2)7-8-18(17)29-21/h7-8,13-14,19,22,28-29H,6,9-12,15H2,1-5H3,(H,30,35)(H,31,36)/t19-,22+/m0/s1. The Morgan fingerprint density at radius 2 is 1.92 bits per heavy atom. The predicted molar refractivity (Wildman–Crippen MR) is 150 cm³/mol. The summed E-state index contributed by atoms with van der Waals surface area (Å²) in [6, 6.07) is 6.88. The molecule has 0 spiro atoms. The molecule has 10 nitrogen and oxygen atoms in total. The van der Waals surface area contributed by atoms with Gasteiger partial charge in [-0.2, -0.15) is 0 Å². The molecule has 1 aliphatic heterocycles. The average molecular weight is 540 g/mol. The van der Waals surface area contributed by atoms with E-state index in [1.54, 1.807) is 19.0 Å². The van der Waals surface area contributed by atoms with Gasteiger partial charge in [0.2, 0.25) is 0 Å². The number of H-pyrrole nitrogens is 1. The molecule has 1 aromatic carbocycles. The largest absolute Gasteiger partial charge is 0.351 e. The van der Waals surface area contributed by atoms with Crippen LogP contribution in [0.25, 0.3) is 10.9 Å². The summed E-state index contributed by atoms with van der Waals surface area (Å²) in [5.41, 5.74) is 3.40. The quantitative estimate of drug-likeness (QED) is 0.351. The Morgan fingerprint density at radius 3 is 2.63 bits per heavy atom. The first kappa shape index (κ1) is 27.6. The molecule has 1 aliphatic rings. The number of likely N-dealkylation sites (N-methyl/N-ethyl adjacent to an activating group) is 1. The van der Waals surface area contributed by atoms with Crippen LogP contribution in [0, 0.1) is 6.92 Å². The Labute approximate surface area is 227 Å². The van der Waals surface area contributed by atoms with E-state index in [1.807, 2.05) is 38.2 Å². The molecule has 0 bridgehead atoms. The molecule has 11 heteroatoms. The van der Waals surface area contributed by atoms with Crippen molar-refractivity contribution < 1.29 is 14.4 Å². The van der Waals surface area contributed by atoms with Crippen LogP contribution in [0.15, 0.2) is 24.3 Å². The predicted octanol–water partition coefficient (Wildman–Crippen LogP) is 2.54. The van der Waals surface area contributed by atoms with Gasteiger partial charge in [0.1, 0.15) is 5.69 Å². The first-order valence-electron chi connectivity index (χ1n) is 13.0. The van der Waals surface area contributed by atoms with Crippen molar-refractivity contribution in [2.24, 2.45) is 0 Å². The number of rotatable bonds is 8. The van der Waals surface area contributed by atoms with E-state index in [1.165, 1.54) is 16.2 Å². The van der Waals surface area contributed by atoms with E-state index in [0.29, 0.717) is 23.7 Å². The summed E-state index contributed by atoms with van der Waals surface area (Å²) in [5, 5.41) is 10.7. The van der Waals surface area contributed by atoms with Crippen molar-refractivity contribution >= 4 is 40.1 Å². The van der Waals surface area contributed by atoms with Crippen LogP contribution < -0.4 is 16.0 Å². The Balaban J connectivity index is 1.53. The highest BCUT2D eigenvalue weighted by Crippen LogP contribution is 2.22. The number of piperidine rings is 1. The first-order chi connectivity index (χ1) is 18.2. The lowest BCUT2D eigenvalue weighted by atomic mass is 9.98. The zero-order chi connectivity index (χ0) is 27.4. The highest BCUT2D eigenvalue weighted by Gasteiger charge is 2.35. The van der Waals surface area contributed by atoms with Crippen molar-refractivity contribution in [3.63, 3.8) is 0 Å². The maximum Gasteiger partial charge on any atom is 0.319 e. The number of benzene rings is 1. The van der Waals surface area contributed by atoms with Gasteiger partial charge in [0.05, 0.1) is 17.8 Å². The molecule has 4 N–H and O–H groups in total. The molecule has 1 saturated heterocycles. The molecule has 0 aliphatic carbocycles. The number of urea groups is 1. The molecule has 0 saturated carbocycles. The molecule has 4 amide bonds. The number of nitrogens with one attached hydrogen (secondary N) is 4. The van der Waals surface area contributed by atoms with Gasteiger partial charge in [-0.05, 0) is 45.0 Å². The lowest BCUT2D eigenvalue weighted by Gasteiger charge is -2.39. The third-order valence-electron chi connectivity index (χ3n) is 6.83. The van der Waals surface area contributed by atoms with Crippen molar-refractivity contribution in [3.8, 4) is 0 Å². The van der Waals surface area contributed by atoms with Crippen molar-refractivity contribution in [3.05, 3.63) is 51.1 Å². The SMILES string of the molecule is CCc1sc(C(=O)N[C@@H]2CN(C(=O)N(C)C)CC[C@@H]2NC(=O)c2cc3cc(C)ccc3[nH]2)nc1CCNC. The number of carbonyl (C=O) groups is 3. The lowest BCUT2D eigenvalue weighted by molar-refractivity contribution is 0.0814. The highest BCUT2D eigenvalue weighted by molar-refractivity contribution is 7.13. The Morgan fingerprint density at radius 1 is 1.16 bits per heavy atom. The van der Waals surface area contributed by atoms with Crippen molar-refractivity contribution in [1.82, 2.24) is 35.7 Å². The van der Waals surface area contributed by atoms with Gasteiger partial charge in [-0.25, -0.2) is 9.78 Å². The van der Waals surface area contributed by atoms with E-state index < -0.39 is 6.04 Å². The number of aromatic amines is 1. The molecule has 204 valence electrons. The van der Waals surface area contributed by atoms with Crippen LogP contribution in [0.1, 0.15) is 49.8 Å². The van der Waals surface area contributed by atoms with Gasteiger partial charge in [0.15, 0.2) is 5.01 Å². The fourth-order valence-corrected chi connectivity index (χ4v) is 5.72. The maximum atomic E-state index is 13.3. The summed E-state index contributed by atoms with van der Waals surface area (Å²) in [6.07, 6.45) is 2.07. The van der Waals surface area contributed by atoms with Crippen LogP contribution in [0.4, 0.5) is 4.79 Å². The number of likely N-dealkylation sites (tertiary alicyclic amines) is 1. The number of fused-ring (bicyclic) bond motifs is 1. The number of carbonyl (C=O) groups excluding carboxylic acids is 3. The maximum absolute atomic E-state index is 13.3. The average Bonchev–Trinajstić information content (AvgIpc) is 3.51. The first-order valence-corrected chi connectivity index (χ1v) is 13.8. The number of amides is 4. The summed E-state index contributed by atoms with van der Waals surface area (Å²) in [5.74, 6) is -0.530. The molecule has 0 radical (unpaired) electrons. The third kappa shape index (κ3) is 6.16. The molecule has 0 unspecified atom stereocenters.